The molecule has 0 aliphatic rings. The Hall–Kier alpha value is -3.28. The summed E-state index contributed by atoms with van der Waals surface area (Å²) in [6.45, 7) is 0. The van der Waals surface area contributed by atoms with Gasteiger partial charge in [-0.1, -0.05) is 54.6 Å². The molecule has 3 nitrogen and oxygen atoms in total. The first-order valence-corrected chi connectivity index (χ1v) is 10.2. The zero-order valence-electron chi connectivity index (χ0n) is 15.4. The lowest BCUT2D eigenvalue weighted by atomic mass is 10.1. The Morgan fingerprint density at radius 2 is 1.52 bits per heavy atom. The van der Waals surface area contributed by atoms with Crippen LogP contribution in [0.1, 0.15) is 0 Å². The fraction of sp³-hybridized carbons (Fsp3) is 0. The van der Waals surface area contributed by atoms with Crippen molar-refractivity contribution in [3.05, 3.63) is 84.9 Å². The first kappa shape index (κ1) is 16.7. The predicted octanol–water partition coefficient (Wildman–Crippen LogP) is 6.06. The van der Waals surface area contributed by atoms with Crippen LogP contribution in [0.3, 0.4) is 0 Å². The van der Waals surface area contributed by atoms with Gasteiger partial charge in [-0.2, -0.15) is 0 Å². The van der Waals surface area contributed by atoms with E-state index in [1.807, 2.05) is 18.2 Å². The minimum Gasteiger partial charge on any atom is -0.537 e. The van der Waals surface area contributed by atoms with Crippen LogP contribution in [0.15, 0.2) is 84.9 Å². The van der Waals surface area contributed by atoms with Gasteiger partial charge >= 0.3 is 7.69 Å². The molecule has 1 N–H and O–H groups in total. The molecule has 0 fully saturated rings. The fourth-order valence-electron chi connectivity index (χ4n) is 4.29. The molecular weight excluding hydrogens is 377 g/mol. The molecule has 4 aromatic carbocycles. The number of benzene rings is 4. The smallest absolute Gasteiger partial charge is 0.537 e. The summed E-state index contributed by atoms with van der Waals surface area (Å²) in [7, 11) is 0.768. The van der Waals surface area contributed by atoms with Crippen LogP contribution >= 0.6 is 11.3 Å². The van der Waals surface area contributed by atoms with Gasteiger partial charge in [0.05, 0.1) is 15.7 Å². The minimum absolute atomic E-state index is 0.657. The van der Waals surface area contributed by atoms with E-state index in [1.54, 1.807) is 11.3 Å². The van der Waals surface area contributed by atoms with E-state index >= 15 is 0 Å². The Kier molecular flexibility index (Phi) is 3.66. The standard InChI is InChI=1S/C24H15BNO2S/c27-25-28-20-14-18-16-10-5-7-13-21(16)29-24(18)23-22(20)17-11-4-6-12-19(17)26(23)15-8-2-1-3-9-15/h1-14,27H. The van der Waals surface area contributed by atoms with Crippen molar-refractivity contribution in [3.8, 4) is 11.4 Å². The molecule has 2 aromatic heterocycles. The normalized spacial score (nSPS) is 11.6. The molecule has 0 saturated heterocycles. The Morgan fingerprint density at radius 3 is 2.34 bits per heavy atom. The van der Waals surface area contributed by atoms with Crippen LogP contribution < -0.4 is 4.65 Å². The molecular formula is C24H15BNO2S. The van der Waals surface area contributed by atoms with Crippen LogP contribution in [0.4, 0.5) is 0 Å². The number of para-hydroxylation sites is 2. The van der Waals surface area contributed by atoms with Gasteiger partial charge < -0.3 is 14.2 Å². The third-order valence-electron chi connectivity index (χ3n) is 5.44. The molecule has 0 amide bonds. The minimum atomic E-state index is 0.657. The highest BCUT2D eigenvalue weighted by atomic mass is 32.1. The van der Waals surface area contributed by atoms with Gasteiger partial charge in [-0.15, -0.1) is 11.3 Å². The molecule has 6 aromatic rings. The molecule has 0 saturated carbocycles. The van der Waals surface area contributed by atoms with E-state index in [-0.39, 0.29) is 0 Å². The predicted molar refractivity (Wildman–Crippen MR) is 122 cm³/mol. The van der Waals surface area contributed by atoms with Gasteiger partial charge in [0.25, 0.3) is 0 Å². The van der Waals surface area contributed by atoms with Crippen molar-refractivity contribution < 1.29 is 9.68 Å². The van der Waals surface area contributed by atoms with E-state index in [9.17, 15) is 5.02 Å². The van der Waals surface area contributed by atoms with Crippen LogP contribution in [0, 0.1) is 0 Å². The number of thiophene rings is 1. The molecule has 137 valence electrons. The highest BCUT2D eigenvalue weighted by Crippen LogP contribution is 2.46. The summed E-state index contributed by atoms with van der Waals surface area (Å²) in [5, 5.41) is 13.9. The van der Waals surface area contributed by atoms with Gasteiger partial charge in [0.15, 0.2) is 0 Å². The van der Waals surface area contributed by atoms with Gasteiger partial charge in [0.2, 0.25) is 0 Å². The summed E-state index contributed by atoms with van der Waals surface area (Å²) in [4.78, 5) is 0. The van der Waals surface area contributed by atoms with Gasteiger partial charge in [0.1, 0.15) is 5.75 Å². The zero-order valence-corrected chi connectivity index (χ0v) is 16.2. The van der Waals surface area contributed by atoms with Crippen LogP contribution in [-0.4, -0.2) is 17.3 Å². The first-order valence-electron chi connectivity index (χ1n) is 9.42. The first-order chi connectivity index (χ1) is 14.4. The van der Waals surface area contributed by atoms with Crippen LogP contribution in [0.2, 0.25) is 0 Å². The fourth-order valence-corrected chi connectivity index (χ4v) is 5.51. The number of aromatic nitrogens is 1. The van der Waals surface area contributed by atoms with E-state index in [0.29, 0.717) is 5.75 Å². The van der Waals surface area contributed by atoms with Crippen molar-refractivity contribution in [1.29, 1.82) is 0 Å². The number of rotatable bonds is 3. The summed E-state index contributed by atoms with van der Waals surface area (Å²) < 4.78 is 10.4. The van der Waals surface area contributed by atoms with Gasteiger partial charge in [0, 0.05) is 31.9 Å². The van der Waals surface area contributed by atoms with Gasteiger partial charge in [-0.05, 0) is 30.3 Å². The topological polar surface area (TPSA) is 34.4 Å². The molecule has 0 atom stereocenters. The van der Waals surface area contributed by atoms with Gasteiger partial charge in [-0.3, -0.25) is 0 Å². The van der Waals surface area contributed by atoms with Crippen LogP contribution in [-0.2, 0) is 0 Å². The average Bonchev–Trinajstić information content (AvgIpc) is 3.31. The maximum Gasteiger partial charge on any atom is 0.569 e. The SMILES string of the molecule is O[B]Oc1cc2c3ccccc3sc2c2c1c1ccccc1n2-c1ccccc1. The lowest BCUT2D eigenvalue weighted by Crippen LogP contribution is -2.00. The molecule has 0 aliphatic carbocycles. The van der Waals surface area contributed by atoms with Crippen LogP contribution in [0.5, 0.6) is 5.75 Å². The van der Waals surface area contributed by atoms with Crippen LogP contribution in [0.25, 0.3) is 47.7 Å². The third-order valence-corrected chi connectivity index (χ3v) is 6.63. The Labute approximate surface area is 171 Å². The number of nitrogens with zero attached hydrogens (tertiary/aromatic N) is 1. The summed E-state index contributed by atoms with van der Waals surface area (Å²) >= 11 is 1.79. The molecule has 6 rings (SSSR count). The maximum atomic E-state index is 9.46. The second-order valence-electron chi connectivity index (χ2n) is 6.98. The summed E-state index contributed by atoms with van der Waals surface area (Å²) in [5.41, 5.74) is 3.32. The number of fused-ring (bicyclic) bond motifs is 7. The van der Waals surface area contributed by atoms with E-state index < -0.39 is 0 Å². The summed E-state index contributed by atoms with van der Waals surface area (Å²) in [5.74, 6) is 0.657. The lowest BCUT2D eigenvalue weighted by molar-refractivity contribution is 0.457. The Bertz CT molecular complexity index is 1520. The van der Waals surface area contributed by atoms with Crippen molar-refractivity contribution in [2.24, 2.45) is 0 Å². The number of hydrogen-bond acceptors (Lipinski definition) is 3. The van der Waals surface area contributed by atoms with Crippen molar-refractivity contribution in [2.45, 2.75) is 0 Å². The second kappa shape index (κ2) is 6.37. The largest absolute Gasteiger partial charge is 0.569 e. The third kappa shape index (κ3) is 2.35. The Balaban J connectivity index is 1.93. The monoisotopic (exact) mass is 392 g/mol. The van der Waals surface area contributed by atoms with E-state index in [1.165, 1.54) is 14.8 Å². The molecule has 0 unspecified atom stereocenters. The zero-order chi connectivity index (χ0) is 19.4. The molecule has 0 bridgehead atoms. The molecule has 5 heteroatoms. The summed E-state index contributed by atoms with van der Waals surface area (Å²) in [6.07, 6.45) is 0. The maximum absolute atomic E-state index is 9.46. The van der Waals surface area contributed by atoms with Crippen molar-refractivity contribution in [2.75, 3.05) is 0 Å². The van der Waals surface area contributed by atoms with Crippen molar-refractivity contribution in [1.82, 2.24) is 4.57 Å². The number of hydrogen-bond donors (Lipinski definition) is 1. The highest BCUT2D eigenvalue weighted by Gasteiger charge is 2.21. The molecule has 1 radical (unpaired) electrons. The molecule has 0 aliphatic heterocycles. The van der Waals surface area contributed by atoms with E-state index in [0.717, 1.165) is 40.6 Å². The average molecular weight is 392 g/mol. The summed E-state index contributed by atoms with van der Waals surface area (Å²) in [6, 6.07) is 29.2. The quantitative estimate of drug-likeness (QED) is 0.372. The highest BCUT2D eigenvalue weighted by molar-refractivity contribution is 7.26. The van der Waals surface area contributed by atoms with Gasteiger partial charge in [-0.25, -0.2) is 0 Å². The van der Waals surface area contributed by atoms with E-state index in [2.05, 4.69) is 71.3 Å². The van der Waals surface area contributed by atoms with Crippen molar-refractivity contribution >= 4 is 61.0 Å². The molecule has 0 spiro atoms. The Morgan fingerprint density at radius 1 is 0.793 bits per heavy atom. The van der Waals surface area contributed by atoms with Crippen molar-refractivity contribution in [3.63, 3.8) is 0 Å². The van der Waals surface area contributed by atoms with E-state index in [4.69, 9.17) is 4.65 Å². The molecule has 2 heterocycles. The second-order valence-corrected chi connectivity index (χ2v) is 8.04. The lowest BCUT2D eigenvalue weighted by Gasteiger charge is -2.10. The molecule has 29 heavy (non-hydrogen) atoms.